The van der Waals surface area contributed by atoms with E-state index in [2.05, 4.69) is 27.4 Å². The summed E-state index contributed by atoms with van der Waals surface area (Å²) in [7, 11) is 0. The summed E-state index contributed by atoms with van der Waals surface area (Å²) in [4.78, 5) is 47.6. The molecule has 7 rings (SSSR count). The van der Waals surface area contributed by atoms with Crippen LogP contribution in [0.3, 0.4) is 0 Å². The van der Waals surface area contributed by atoms with Crippen LogP contribution in [0.4, 0.5) is 10.6 Å². The first-order valence-corrected chi connectivity index (χ1v) is 16.2. The Kier molecular flexibility index (Phi) is 7.32. The maximum atomic E-state index is 14.2. The number of carbonyl (C=O) groups is 2. The Morgan fingerprint density at radius 3 is 2.55 bits per heavy atom. The highest BCUT2D eigenvalue weighted by molar-refractivity contribution is 5.95. The molecule has 5 aliphatic rings. The molecule has 4 bridgehead atoms. The molecular formula is C33H44N6O3. The van der Waals surface area contributed by atoms with Gasteiger partial charge in [0.2, 0.25) is 11.7 Å². The van der Waals surface area contributed by atoms with Crippen LogP contribution in [0, 0.1) is 23.7 Å². The van der Waals surface area contributed by atoms with Crippen LogP contribution in [0.15, 0.2) is 41.3 Å². The van der Waals surface area contributed by atoms with Crippen LogP contribution in [0.1, 0.15) is 84.1 Å². The zero-order chi connectivity index (χ0) is 29.0. The summed E-state index contributed by atoms with van der Waals surface area (Å²) in [6.45, 7) is 5.09. The minimum absolute atomic E-state index is 0.0606. The minimum Gasteiger partial charge on any atom is -0.333 e. The first-order chi connectivity index (χ1) is 20.3. The van der Waals surface area contributed by atoms with Crippen LogP contribution in [0.5, 0.6) is 0 Å². The van der Waals surface area contributed by atoms with E-state index in [4.69, 9.17) is 0 Å². The molecule has 9 nitrogen and oxygen atoms in total. The number of amides is 3. The molecule has 2 aliphatic carbocycles. The fourth-order valence-electron chi connectivity index (χ4n) is 9.08. The second-order valence-electron chi connectivity index (χ2n) is 13.8. The van der Waals surface area contributed by atoms with Gasteiger partial charge in [0.05, 0.1) is 11.0 Å². The topological polar surface area (TPSA) is 99.6 Å². The van der Waals surface area contributed by atoms with Crippen LogP contribution in [-0.2, 0) is 4.79 Å². The van der Waals surface area contributed by atoms with Gasteiger partial charge in [-0.3, -0.25) is 14.5 Å². The lowest BCUT2D eigenvalue weighted by molar-refractivity contribution is -0.119. The molecule has 0 spiro atoms. The van der Waals surface area contributed by atoms with Crippen molar-refractivity contribution in [2.75, 3.05) is 11.4 Å². The van der Waals surface area contributed by atoms with E-state index >= 15 is 0 Å². The lowest BCUT2D eigenvalue weighted by Crippen LogP contribution is -2.56. The van der Waals surface area contributed by atoms with Gasteiger partial charge in [0.25, 0.3) is 5.56 Å². The van der Waals surface area contributed by atoms with Gasteiger partial charge >= 0.3 is 6.03 Å². The van der Waals surface area contributed by atoms with Crippen LogP contribution in [-0.4, -0.2) is 51.2 Å². The van der Waals surface area contributed by atoms with Crippen molar-refractivity contribution in [1.82, 2.24) is 25.1 Å². The van der Waals surface area contributed by atoms with Crippen LogP contribution in [0.2, 0.25) is 0 Å². The van der Waals surface area contributed by atoms with Gasteiger partial charge in [-0.2, -0.15) is 0 Å². The number of para-hydroxylation sites is 2. The highest BCUT2D eigenvalue weighted by atomic mass is 16.2. The Labute approximate surface area is 247 Å². The molecule has 224 valence electrons. The number of aromatic nitrogens is 2. The summed E-state index contributed by atoms with van der Waals surface area (Å²) in [5.74, 6) is 3.37. The van der Waals surface area contributed by atoms with Gasteiger partial charge in [0, 0.05) is 37.8 Å². The van der Waals surface area contributed by atoms with E-state index in [1.807, 2.05) is 28.8 Å². The number of hydrogen-bond donors (Lipinski definition) is 2. The smallest absolute Gasteiger partial charge is 0.329 e. The van der Waals surface area contributed by atoms with Crippen molar-refractivity contribution in [1.29, 1.82) is 0 Å². The molecule has 42 heavy (non-hydrogen) atoms. The molecule has 1 aromatic heterocycles. The molecule has 2 saturated carbocycles. The quantitative estimate of drug-likeness (QED) is 0.530. The molecule has 3 aliphatic heterocycles. The molecular weight excluding hydrogens is 528 g/mol. The SMILES string of the molecule is CC(=O)NC1C=CN(c2nc3ccccc3n(C3C[C@H]4CCC[C@@H](C3)N4C[C@@H]3C[C@H]4CC[C@H](C)[C@H](C4)C3)c2=O)C(=O)N1. The van der Waals surface area contributed by atoms with Gasteiger partial charge in [-0.25, -0.2) is 14.7 Å². The number of urea groups is 1. The fourth-order valence-corrected chi connectivity index (χ4v) is 9.08. The van der Waals surface area contributed by atoms with E-state index < -0.39 is 12.2 Å². The third kappa shape index (κ3) is 5.14. The maximum Gasteiger partial charge on any atom is 0.329 e. The van der Waals surface area contributed by atoms with Crippen LogP contribution >= 0.6 is 0 Å². The molecule has 1 aromatic carbocycles. The van der Waals surface area contributed by atoms with E-state index in [9.17, 15) is 14.4 Å². The molecule has 4 heterocycles. The van der Waals surface area contributed by atoms with Gasteiger partial charge in [0.1, 0.15) is 6.17 Å². The number of rotatable bonds is 5. The number of piperidine rings is 2. The first-order valence-electron chi connectivity index (χ1n) is 16.2. The summed E-state index contributed by atoms with van der Waals surface area (Å²) in [5.41, 5.74) is 1.29. The zero-order valence-corrected chi connectivity index (χ0v) is 24.9. The Hall–Kier alpha value is -3.20. The van der Waals surface area contributed by atoms with Crippen molar-refractivity contribution >= 4 is 28.8 Å². The summed E-state index contributed by atoms with van der Waals surface area (Å²) in [5, 5.41) is 5.41. The predicted molar refractivity (Wildman–Crippen MR) is 163 cm³/mol. The second-order valence-corrected chi connectivity index (χ2v) is 13.8. The Morgan fingerprint density at radius 2 is 1.79 bits per heavy atom. The fraction of sp³-hybridized carbons (Fsp3) is 0.636. The highest BCUT2D eigenvalue weighted by Gasteiger charge is 2.43. The van der Waals surface area contributed by atoms with Crippen LogP contribution < -0.4 is 21.1 Å². The molecule has 2 N–H and O–H groups in total. The normalized spacial score (nSPS) is 34.7. The molecule has 2 unspecified atom stereocenters. The summed E-state index contributed by atoms with van der Waals surface area (Å²) < 4.78 is 1.94. The summed E-state index contributed by atoms with van der Waals surface area (Å²) in [6.07, 6.45) is 15.2. The largest absolute Gasteiger partial charge is 0.333 e. The van der Waals surface area contributed by atoms with Gasteiger partial charge in [0.15, 0.2) is 0 Å². The summed E-state index contributed by atoms with van der Waals surface area (Å²) >= 11 is 0. The number of hydrogen-bond acceptors (Lipinski definition) is 5. The van der Waals surface area contributed by atoms with E-state index in [0.29, 0.717) is 17.6 Å². The predicted octanol–water partition coefficient (Wildman–Crippen LogP) is 4.92. The number of nitrogens with one attached hydrogen (secondary N) is 2. The van der Waals surface area contributed by atoms with Crippen molar-refractivity contribution in [2.24, 2.45) is 23.7 Å². The number of fused-ring (bicyclic) bond motifs is 5. The number of anilines is 1. The molecule has 2 saturated heterocycles. The Balaban J connectivity index is 1.17. The Morgan fingerprint density at radius 1 is 1.00 bits per heavy atom. The van der Waals surface area contributed by atoms with E-state index in [0.717, 1.165) is 42.0 Å². The lowest BCUT2D eigenvalue weighted by atomic mass is 9.64. The lowest BCUT2D eigenvalue weighted by Gasteiger charge is -2.52. The van der Waals surface area contributed by atoms with Crippen molar-refractivity contribution in [3.05, 3.63) is 46.9 Å². The van der Waals surface area contributed by atoms with E-state index in [1.165, 1.54) is 69.7 Å². The minimum atomic E-state index is -0.621. The van der Waals surface area contributed by atoms with Gasteiger partial charge in [-0.15, -0.1) is 0 Å². The van der Waals surface area contributed by atoms with Gasteiger partial charge < -0.3 is 15.2 Å². The standard InChI is InChI=1S/C33H44N6O3/c1-20-10-11-22-14-23(16-24(20)15-22)19-38-25-6-5-7-26(38)18-27(17-25)39-29-9-4-3-8-28(29)35-31(32(39)41)37-13-12-30(34-21(2)40)36-33(37)42/h3-4,8-9,12-13,20,22-27,30H,5-7,10-11,14-19H2,1-2H3,(H,34,40)(H,36,42)/t20-,22+,23+,24+,25-,26+,27?,30?/m0/s1. The molecule has 2 aromatic rings. The van der Waals surface area contributed by atoms with Crippen molar-refractivity contribution < 1.29 is 9.59 Å². The highest BCUT2D eigenvalue weighted by Crippen LogP contribution is 2.47. The first kappa shape index (κ1) is 27.6. The third-order valence-electron chi connectivity index (χ3n) is 11.0. The average molecular weight is 573 g/mol. The molecule has 9 heteroatoms. The summed E-state index contributed by atoms with van der Waals surface area (Å²) in [6, 6.07) is 8.33. The molecule has 0 radical (unpaired) electrons. The number of nitrogens with zero attached hydrogens (tertiary/aromatic N) is 4. The monoisotopic (exact) mass is 572 g/mol. The van der Waals surface area contributed by atoms with Crippen LogP contribution in [0.25, 0.3) is 11.0 Å². The van der Waals surface area contributed by atoms with Gasteiger partial charge in [-0.05, 0) is 86.8 Å². The second kappa shape index (κ2) is 11.1. The Bertz CT molecular complexity index is 1440. The van der Waals surface area contributed by atoms with E-state index in [1.54, 1.807) is 12.3 Å². The third-order valence-corrected chi connectivity index (χ3v) is 11.0. The zero-order valence-electron chi connectivity index (χ0n) is 24.9. The molecule has 3 amide bonds. The van der Waals surface area contributed by atoms with Crippen molar-refractivity contribution in [3.63, 3.8) is 0 Å². The maximum absolute atomic E-state index is 14.2. The molecule has 4 fully saturated rings. The van der Waals surface area contributed by atoms with Crippen molar-refractivity contribution in [2.45, 2.75) is 102 Å². The molecule has 8 atom stereocenters. The van der Waals surface area contributed by atoms with E-state index in [-0.39, 0.29) is 23.3 Å². The number of carbonyl (C=O) groups excluding carboxylic acids is 2. The van der Waals surface area contributed by atoms with Gasteiger partial charge in [-0.1, -0.05) is 38.3 Å². The van der Waals surface area contributed by atoms with Crippen molar-refractivity contribution in [3.8, 4) is 0 Å². The average Bonchev–Trinajstić information content (AvgIpc) is 2.95. The number of benzene rings is 1.